The molecule has 0 unspecified atom stereocenters. The summed E-state index contributed by atoms with van der Waals surface area (Å²) < 4.78 is 5.24. The van der Waals surface area contributed by atoms with Crippen molar-refractivity contribution in [1.82, 2.24) is 5.32 Å². The van der Waals surface area contributed by atoms with E-state index in [0.717, 1.165) is 12.0 Å². The second-order valence-electron chi connectivity index (χ2n) is 10.3. The lowest BCUT2D eigenvalue weighted by atomic mass is 9.86. The van der Waals surface area contributed by atoms with Crippen molar-refractivity contribution in [3.63, 3.8) is 0 Å². The molecule has 0 aliphatic carbocycles. The second-order valence-corrected chi connectivity index (χ2v) is 10.3. The molecule has 0 aromatic heterocycles. The summed E-state index contributed by atoms with van der Waals surface area (Å²) in [6.07, 6.45) is 1.24. The topological polar surface area (TPSA) is 105 Å². The Balaban J connectivity index is 1.59. The largest absolute Gasteiger partial charge is 0.454 e. The van der Waals surface area contributed by atoms with E-state index < -0.39 is 24.5 Å². The molecule has 8 heteroatoms. The van der Waals surface area contributed by atoms with Gasteiger partial charge in [-0.15, -0.1) is 0 Å². The molecule has 1 atom stereocenters. The van der Waals surface area contributed by atoms with Crippen LogP contribution in [0.15, 0.2) is 48.5 Å². The van der Waals surface area contributed by atoms with Crippen LogP contribution in [-0.2, 0) is 24.5 Å². The third-order valence-corrected chi connectivity index (χ3v) is 6.11. The number of amides is 3. The first kappa shape index (κ1) is 26.9. The Kier molecular flexibility index (Phi) is 8.50. The van der Waals surface area contributed by atoms with Crippen LogP contribution in [0.25, 0.3) is 0 Å². The number of carbonyl (C=O) groups excluding carboxylic acids is 4. The average molecular weight is 494 g/mol. The zero-order chi connectivity index (χ0) is 26.5. The van der Waals surface area contributed by atoms with Gasteiger partial charge in [0.25, 0.3) is 11.8 Å². The van der Waals surface area contributed by atoms with Crippen molar-refractivity contribution in [2.45, 2.75) is 58.9 Å². The number of hydrogen-bond donors (Lipinski definition) is 2. The van der Waals surface area contributed by atoms with E-state index in [-0.39, 0.29) is 23.1 Å². The molecule has 0 bridgehead atoms. The van der Waals surface area contributed by atoms with E-state index in [1.54, 1.807) is 55.1 Å². The van der Waals surface area contributed by atoms with Gasteiger partial charge in [-0.3, -0.25) is 14.4 Å². The first-order chi connectivity index (χ1) is 17.0. The molecule has 2 aromatic carbocycles. The number of para-hydroxylation sites is 2. The van der Waals surface area contributed by atoms with Gasteiger partial charge in [0.1, 0.15) is 6.04 Å². The summed E-state index contributed by atoms with van der Waals surface area (Å²) in [4.78, 5) is 51.8. The molecule has 192 valence electrons. The smallest absolute Gasteiger partial charge is 0.329 e. The van der Waals surface area contributed by atoms with Crippen molar-refractivity contribution in [3.05, 3.63) is 59.7 Å². The highest BCUT2D eigenvalue weighted by Gasteiger charge is 2.28. The Morgan fingerprint density at radius 3 is 2.28 bits per heavy atom. The predicted octanol–water partition coefficient (Wildman–Crippen LogP) is 4.05. The van der Waals surface area contributed by atoms with E-state index in [2.05, 4.69) is 31.4 Å². The van der Waals surface area contributed by atoms with Crippen LogP contribution in [0.4, 0.5) is 11.4 Å². The molecular weight excluding hydrogens is 458 g/mol. The minimum atomic E-state index is -0.915. The Labute approximate surface area is 212 Å². The minimum Gasteiger partial charge on any atom is -0.454 e. The molecule has 2 N–H and O–H groups in total. The van der Waals surface area contributed by atoms with Crippen molar-refractivity contribution < 1.29 is 23.9 Å². The van der Waals surface area contributed by atoms with Crippen molar-refractivity contribution in [2.75, 3.05) is 23.4 Å². The molecule has 1 aliphatic rings. The molecule has 3 rings (SSSR count). The van der Waals surface area contributed by atoms with Gasteiger partial charge >= 0.3 is 5.97 Å². The average Bonchev–Trinajstić information content (AvgIpc) is 3.26. The lowest BCUT2D eigenvalue weighted by molar-refractivity contribution is -0.150. The van der Waals surface area contributed by atoms with Crippen LogP contribution in [0.1, 0.15) is 63.4 Å². The number of hydrogen-bond acceptors (Lipinski definition) is 5. The van der Waals surface area contributed by atoms with E-state index in [4.69, 9.17) is 4.74 Å². The van der Waals surface area contributed by atoms with Gasteiger partial charge in [-0.25, -0.2) is 4.79 Å². The summed E-state index contributed by atoms with van der Waals surface area (Å²) in [5.41, 5.74) is 2.59. The summed E-state index contributed by atoms with van der Waals surface area (Å²) in [6.45, 7) is 9.93. The Morgan fingerprint density at radius 1 is 1.03 bits per heavy atom. The number of carbonyl (C=O) groups is 4. The SMILES string of the molecule is CC(C)[C@H](NC(=O)c1ccc(C(C)(C)C)cc1)C(=O)OCC(=O)Nc1ccccc1N1CCCC1=O. The van der Waals surface area contributed by atoms with Crippen LogP contribution >= 0.6 is 0 Å². The Hall–Kier alpha value is -3.68. The quantitative estimate of drug-likeness (QED) is 0.540. The molecular formula is C28H35N3O5. The lowest BCUT2D eigenvalue weighted by Gasteiger charge is -2.22. The lowest BCUT2D eigenvalue weighted by Crippen LogP contribution is -2.46. The Morgan fingerprint density at radius 2 is 1.69 bits per heavy atom. The fourth-order valence-electron chi connectivity index (χ4n) is 3.97. The highest BCUT2D eigenvalue weighted by molar-refractivity contribution is 6.02. The zero-order valence-electron chi connectivity index (χ0n) is 21.6. The number of esters is 1. The van der Waals surface area contributed by atoms with Crippen molar-refractivity contribution in [2.24, 2.45) is 5.92 Å². The molecule has 2 aromatic rings. The molecule has 0 saturated carbocycles. The summed E-state index contributed by atoms with van der Waals surface area (Å²) in [5.74, 6) is -1.86. The van der Waals surface area contributed by atoms with E-state index in [0.29, 0.717) is 29.9 Å². The maximum Gasteiger partial charge on any atom is 0.329 e. The van der Waals surface area contributed by atoms with Crippen molar-refractivity contribution >= 4 is 35.1 Å². The first-order valence-corrected chi connectivity index (χ1v) is 12.2. The Bertz CT molecular complexity index is 1120. The summed E-state index contributed by atoms with van der Waals surface area (Å²) in [5, 5.41) is 5.44. The zero-order valence-corrected chi connectivity index (χ0v) is 21.6. The summed E-state index contributed by atoms with van der Waals surface area (Å²) in [7, 11) is 0. The fourth-order valence-corrected chi connectivity index (χ4v) is 3.97. The van der Waals surface area contributed by atoms with Crippen LogP contribution in [0.5, 0.6) is 0 Å². The predicted molar refractivity (Wildman–Crippen MR) is 139 cm³/mol. The monoisotopic (exact) mass is 493 g/mol. The van der Waals surface area contributed by atoms with Crippen LogP contribution in [0.2, 0.25) is 0 Å². The standard InChI is InChI=1S/C28H35N3O5/c1-18(2)25(30-26(34)19-12-14-20(15-13-19)28(3,4)5)27(35)36-17-23(32)29-21-9-6-7-10-22(21)31-16-8-11-24(31)33/h6-7,9-10,12-15,18,25H,8,11,16-17H2,1-5H3,(H,29,32)(H,30,34)/t25-/m0/s1. The van der Waals surface area contributed by atoms with Crippen LogP contribution in [0, 0.1) is 5.92 Å². The highest BCUT2D eigenvalue weighted by Crippen LogP contribution is 2.29. The highest BCUT2D eigenvalue weighted by atomic mass is 16.5. The minimum absolute atomic E-state index is 0.00619. The van der Waals surface area contributed by atoms with E-state index in [1.807, 2.05) is 12.1 Å². The van der Waals surface area contributed by atoms with Crippen LogP contribution in [0.3, 0.4) is 0 Å². The van der Waals surface area contributed by atoms with Crippen molar-refractivity contribution in [1.29, 1.82) is 0 Å². The maximum absolute atomic E-state index is 12.8. The number of benzene rings is 2. The van der Waals surface area contributed by atoms with E-state index >= 15 is 0 Å². The number of nitrogens with zero attached hydrogens (tertiary/aromatic N) is 1. The van der Waals surface area contributed by atoms with Gasteiger partial charge in [0.05, 0.1) is 11.4 Å². The second kappa shape index (κ2) is 11.4. The molecule has 0 radical (unpaired) electrons. The van der Waals surface area contributed by atoms with Crippen molar-refractivity contribution in [3.8, 4) is 0 Å². The van der Waals surface area contributed by atoms with Gasteiger partial charge in [0.15, 0.2) is 6.61 Å². The normalized spacial score (nSPS) is 14.5. The fraction of sp³-hybridized carbons (Fsp3) is 0.429. The van der Waals surface area contributed by atoms with Gasteiger partial charge in [-0.05, 0) is 47.6 Å². The van der Waals surface area contributed by atoms with Gasteiger partial charge in [-0.1, -0.05) is 58.9 Å². The van der Waals surface area contributed by atoms with Crippen LogP contribution < -0.4 is 15.5 Å². The molecule has 8 nitrogen and oxygen atoms in total. The van der Waals surface area contributed by atoms with E-state index in [9.17, 15) is 19.2 Å². The van der Waals surface area contributed by atoms with Crippen LogP contribution in [-0.4, -0.2) is 42.9 Å². The number of ether oxygens (including phenoxy) is 1. The molecule has 1 fully saturated rings. The third-order valence-electron chi connectivity index (χ3n) is 6.11. The van der Waals surface area contributed by atoms with Gasteiger partial charge in [0.2, 0.25) is 5.91 Å². The van der Waals surface area contributed by atoms with Gasteiger partial charge in [-0.2, -0.15) is 0 Å². The molecule has 36 heavy (non-hydrogen) atoms. The number of nitrogens with one attached hydrogen (secondary N) is 2. The molecule has 1 saturated heterocycles. The van der Waals surface area contributed by atoms with E-state index in [1.165, 1.54) is 0 Å². The maximum atomic E-state index is 12.8. The number of anilines is 2. The number of rotatable bonds is 8. The summed E-state index contributed by atoms with van der Waals surface area (Å²) >= 11 is 0. The van der Waals surface area contributed by atoms with Gasteiger partial charge in [0, 0.05) is 18.5 Å². The summed E-state index contributed by atoms with van der Waals surface area (Å²) in [6, 6.07) is 13.4. The molecule has 0 spiro atoms. The third kappa shape index (κ3) is 6.71. The van der Waals surface area contributed by atoms with Gasteiger partial charge < -0.3 is 20.3 Å². The molecule has 1 aliphatic heterocycles. The first-order valence-electron chi connectivity index (χ1n) is 12.2. The molecule has 1 heterocycles. The molecule has 3 amide bonds.